The van der Waals surface area contributed by atoms with Crippen LogP contribution in [-0.2, 0) is 36.7 Å². The summed E-state index contributed by atoms with van der Waals surface area (Å²) < 4.78 is 58.2. The molecule has 2 saturated carbocycles. The van der Waals surface area contributed by atoms with Crippen molar-refractivity contribution in [1.29, 1.82) is 0 Å². The van der Waals surface area contributed by atoms with Crippen LogP contribution in [0, 0.1) is 17.8 Å². The second-order valence-corrected chi connectivity index (χ2v) is 15.9. The SMILES string of the molecule is CO[C@@]1(C2CC2)[C@H](n2ccc(=O)[nH]c2=O)O[C@](C)(COP(=O)(S)OP(=O)(O)OC2OC3(O)C2C(O)C(O)C3[C@@H](O)CO)[C@H]1O. The molecule has 0 amide bonds. The van der Waals surface area contributed by atoms with Crippen LogP contribution in [0.2, 0.25) is 0 Å². The minimum absolute atomic E-state index is 0.290. The van der Waals surface area contributed by atoms with Crippen LogP contribution in [0.5, 0.6) is 0 Å². The Bertz CT molecular complexity index is 1470. The van der Waals surface area contributed by atoms with E-state index in [1.54, 1.807) is 0 Å². The Morgan fingerprint density at radius 3 is 2.43 bits per heavy atom. The predicted molar refractivity (Wildman–Crippen MR) is 145 cm³/mol. The van der Waals surface area contributed by atoms with E-state index in [0.717, 1.165) is 16.8 Å². The van der Waals surface area contributed by atoms with Crippen LogP contribution in [0.15, 0.2) is 21.9 Å². The van der Waals surface area contributed by atoms with Gasteiger partial charge < -0.3 is 49.7 Å². The molecular weight excluding hydrogens is 658 g/mol. The summed E-state index contributed by atoms with van der Waals surface area (Å²) in [7, 11) is -4.14. The fourth-order valence-corrected chi connectivity index (χ4v) is 9.66. The number of hydrogen-bond donors (Lipinski definition) is 9. The van der Waals surface area contributed by atoms with Crippen LogP contribution in [0.1, 0.15) is 26.0 Å². The van der Waals surface area contributed by atoms with Crippen molar-refractivity contribution in [2.45, 2.75) is 73.7 Å². The van der Waals surface area contributed by atoms with Crippen LogP contribution in [-0.4, -0.2) is 113 Å². The predicted octanol–water partition coefficient (Wildman–Crippen LogP) is -2.47. The number of nitrogens with zero attached hydrogens (tertiary/aromatic N) is 1. The fraction of sp³-hybridized carbons (Fsp3) is 0.818. The first-order chi connectivity index (χ1) is 20.4. The summed E-state index contributed by atoms with van der Waals surface area (Å²) in [5.74, 6) is -5.93. The zero-order valence-corrected chi connectivity index (χ0v) is 25.9. The molecule has 2 aliphatic carbocycles. The highest BCUT2D eigenvalue weighted by atomic mass is 32.7. The summed E-state index contributed by atoms with van der Waals surface area (Å²) in [6.07, 6.45) is -7.76. The summed E-state index contributed by atoms with van der Waals surface area (Å²) in [4.78, 5) is 36.6. The largest absolute Gasteiger partial charge is 0.482 e. The number of aromatic amines is 1. The molecule has 2 aliphatic heterocycles. The first-order valence-corrected chi connectivity index (χ1v) is 17.5. The Morgan fingerprint density at radius 1 is 1.20 bits per heavy atom. The molecule has 13 atom stereocenters. The molecule has 22 heteroatoms. The van der Waals surface area contributed by atoms with Gasteiger partial charge in [-0.3, -0.25) is 23.4 Å². The average molecular weight is 693 g/mol. The Balaban J connectivity index is 1.28. The topological polar surface area (TPSA) is 286 Å². The molecule has 4 aliphatic rings. The zero-order chi connectivity index (χ0) is 32.6. The Labute approximate surface area is 253 Å². The van der Waals surface area contributed by atoms with Crippen molar-refractivity contribution in [1.82, 2.24) is 9.55 Å². The monoisotopic (exact) mass is 692 g/mol. The van der Waals surface area contributed by atoms with Gasteiger partial charge in [-0.2, -0.15) is 4.31 Å². The first-order valence-electron chi connectivity index (χ1n) is 13.3. The van der Waals surface area contributed by atoms with Gasteiger partial charge in [0.2, 0.25) is 0 Å². The van der Waals surface area contributed by atoms with E-state index in [9.17, 15) is 54.3 Å². The maximum atomic E-state index is 13.0. The molecule has 3 heterocycles. The molecule has 250 valence electrons. The molecule has 4 fully saturated rings. The Morgan fingerprint density at radius 2 is 1.86 bits per heavy atom. The molecule has 0 aromatic carbocycles. The van der Waals surface area contributed by atoms with Gasteiger partial charge in [0.1, 0.15) is 17.3 Å². The lowest BCUT2D eigenvalue weighted by molar-refractivity contribution is -0.427. The highest BCUT2D eigenvalue weighted by Crippen LogP contribution is 2.68. The number of ether oxygens (including phenoxy) is 3. The van der Waals surface area contributed by atoms with Crippen molar-refractivity contribution >= 4 is 26.9 Å². The molecule has 44 heavy (non-hydrogen) atoms. The lowest BCUT2D eigenvalue weighted by Gasteiger charge is -2.49. The second-order valence-electron chi connectivity index (χ2n) is 11.5. The summed E-state index contributed by atoms with van der Waals surface area (Å²) in [6.45, 7) is -5.22. The van der Waals surface area contributed by atoms with Gasteiger partial charge in [-0.05, 0) is 25.7 Å². The second kappa shape index (κ2) is 11.6. The molecule has 0 spiro atoms. The maximum absolute atomic E-state index is 13.0. The van der Waals surface area contributed by atoms with Crippen molar-refractivity contribution in [2.24, 2.45) is 17.8 Å². The summed E-state index contributed by atoms with van der Waals surface area (Å²) in [5.41, 5.74) is -4.84. The van der Waals surface area contributed by atoms with E-state index in [4.69, 9.17) is 23.3 Å². The van der Waals surface area contributed by atoms with Gasteiger partial charge in [-0.1, -0.05) is 12.2 Å². The van der Waals surface area contributed by atoms with E-state index in [-0.39, 0.29) is 5.92 Å². The van der Waals surface area contributed by atoms with Gasteiger partial charge in [-0.15, -0.1) is 0 Å². The number of phosphoric ester groups is 1. The number of aliphatic hydroxyl groups is 6. The van der Waals surface area contributed by atoms with Gasteiger partial charge in [0.15, 0.2) is 18.3 Å². The lowest BCUT2D eigenvalue weighted by Crippen LogP contribution is -2.64. The molecule has 0 bridgehead atoms. The van der Waals surface area contributed by atoms with Crippen molar-refractivity contribution in [3.63, 3.8) is 0 Å². The van der Waals surface area contributed by atoms with E-state index in [1.807, 2.05) is 0 Å². The third-order valence-corrected chi connectivity index (χ3v) is 12.2. The zero-order valence-electron chi connectivity index (χ0n) is 23.2. The minimum Gasteiger partial charge on any atom is -0.394 e. The average Bonchev–Trinajstić information content (AvgIpc) is 3.71. The lowest BCUT2D eigenvalue weighted by atomic mass is 9.83. The number of methoxy groups -OCH3 is 1. The summed E-state index contributed by atoms with van der Waals surface area (Å²) >= 11 is 3.70. The Hall–Kier alpha value is -1.03. The fourth-order valence-electron chi connectivity index (χ4n) is 6.42. The number of rotatable bonds is 12. The van der Waals surface area contributed by atoms with Crippen LogP contribution in [0.3, 0.4) is 0 Å². The smallest absolute Gasteiger partial charge is 0.394 e. The van der Waals surface area contributed by atoms with Gasteiger partial charge >= 0.3 is 20.3 Å². The van der Waals surface area contributed by atoms with Crippen molar-refractivity contribution in [3.05, 3.63) is 33.1 Å². The van der Waals surface area contributed by atoms with Crippen molar-refractivity contribution < 1.29 is 72.2 Å². The number of hydrogen-bond acceptors (Lipinski definition) is 16. The molecule has 8 unspecified atom stereocenters. The number of aromatic nitrogens is 2. The standard InChI is InChI=1S/C22H34N2O17P2S/c1-20(17(30)21(36-2,9-3-4-9)18(39-20)24-6-5-11(27)23-19(24)31)8-37-43(35,44)41-42(33,34)40-16-13-15(29)14(28)12(10(26)7-25)22(13,32)38-16/h5-6,9-10,12-18,25-26,28-30,32H,3-4,7-8H2,1-2H3,(H,33,34)(H,35,44)(H,23,27,31)/t10-,12?,13?,14?,15?,16?,17+,18+,20+,21+,22?,43?/m0/s1. The molecule has 0 radical (unpaired) electrons. The molecule has 1 aromatic rings. The van der Waals surface area contributed by atoms with Gasteiger partial charge in [0.05, 0.1) is 43.4 Å². The van der Waals surface area contributed by atoms with Gasteiger partial charge in [0, 0.05) is 19.4 Å². The normalized spacial score (nSPS) is 43.5. The number of fused-ring (bicyclic) bond motifs is 1. The number of aliphatic hydroxyl groups excluding tert-OH is 5. The van der Waals surface area contributed by atoms with E-state index < -0.39 is 105 Å². The van der Waals surface area contributed by atoms with E-state index >= 15 is 0 Å². The quantitative estimate of drug-likeness (QED) is 0.0810. The van der Waals surface area contributed by atoms with Gasteiger partial charge in [0.25, 0.3) is 5.56 Å². The highest BCUT2D eigenvalue weighted by molar-refractivity contribution is 8.45. The maximum Gasteiger partial charge on any atom is 0.482 e. The highest BCUT2D eigenvalue weighted by Gasteiger charge is 2.74. The van der Waals surface area contributed by atoms with Crippen LogP contribution < -0.4 is 11.2 Å². The number of thiol groups is 1. The van der Waals surface area contributed by atoms with Gasteiger partial charge in [-0.25, -0.2) is 13.9 Å². The minimum atomic E-state index is -5.43. The van der Waals surface area contributed by atoms with E-state index in [0.29, 0.717) is 12.8 Å². The molecule has 8 N–H and O–H groups in total. The molecular formula is C22H34N2O17P2S. The molecule has 19 nitrogen and oxygen atoms in total. The number of phosphoric acid groups is 1. The van der Waals surface area contributed by atoms with Crippen molar-refractivity contribution in [3.8, 4) is 0 Å². The first kappa shape index (κ1) is 34.3. The van der Waals surface area contributed by atoms with Crippen LogP contribution in [0.4, 0.5) is 0 Å². The van der Waals surface area contributed by atoms with Crippen LogP contribution >= 0.6 is 26.9 Å². The molecule has 1 aromatic heterocycles. The number of nitrogens with one attached hydrogen (secondary N) is 1. The molecule has 2 saturated heterocycles. The Kier molecular flexibility index (Phi) is 9.04. The molecule has 5 rings (SSSR count). The third kappa shape index (κ3) is 5.61. The summed E-state index contributed by atoms with van der Waals surface area (Å²) in [6, 6.07) is 1.07. The van der Waals surface area contributed by atoms with E-state index in [2.05, 4.69) is 21.5 Å². The third-order valence-electron chi connectivity index (χ3n) is 8.64. The van der Waals surface area contributed by atoms with Crippen LogP contribution in [0.25, 0.3) is 0 Å². The van der Waals surface area contributed by atoms with Crippen molar-refractivity contribution in [2.75, 3.05) is 20.3 Å². The van der Waals surface area contributed by atoms with E-state index in [1.165, 1.54) is 14.0 Å². The summed E-state index contributed by atoms with van der Waals surface area (Å²) in [5, 5.41) is 61.7. The number of H-pyrrole nitrogens is 1.